The third-order valence-electron chi connectivity index (χ3n) is 5.35. The normalized spacial score (nSPS) is 13.0. The first-order valence-electron chi connectivity index (χ1n) is 11.4. The molecule has 0 saturated carbocycles. The average molecular weight is 475 g/mol. The molecule has 8 heteroatoms. The predicted molar refractivity (Wildman–Crippen MR) is 134 cm³/mol. The van der Waals surface area contributed by atoms with Crippen LogP contribution in [0, 0.1) is 5.41 Å². The van der Waals surface area contributed by atoms with Gasteiger partial charge in [0.25, 0.3) is 0 Å². The second-order valence-corrected chi connectivity index (χ2v) is 11.2. The quantitative estimate of drug-likeness (QED) is 0.482. The van der Waals surface area contributed by atoms with Crippen molar-refractivity contribution in [1.29, 1.82) is 0 Å². The minimum atomic E-state index is -0.970. The molecular formula is C25H38N4O3S. The zero-order valence-electron chi connectivity index (χ0n) is 21.3. The number of carbonyl (C=O) groups is 2. The van der Waals surface area contributed by atoms with Crippen LogP contribution >= 0.6 is 11.8 Å². The van der Waals surface area contributed by atoms with Gasteiger partial charge in [0.15, 0.2) is 0 Å². The summed E-state index contributed by atoms with van der Waals surface area (Å²) in [6.07, 6.45) is 0.0344. The number of anilines is 1. The molecule has 0 aliphatic carbocycles. The van der Waals surface area contributed by atoms with E-state index in [4.69, 9.17) is 5.10 Å². The monoisotopic (exact) mass is 474 g/mol. The molecule has 1 atom stereocenters. The molecular weight excluding hydrogens is 436 g/mol. The van der Waals surface area contributed by atoms with Crippen molar-refractivity contribution < 1.29 is 14.7 Å². The summed E-state index contributed by atoms with van der Waals surface area (Å²) < 4.78 is 1.85. The van der Waals surface area contributed by atoms with Crippen molar-refractivity contribution in [2.24, 2.45) is 5.41 Å². The molecule has 7 nitrogen and oxygen atoms in total. The van der Waals surface area contributed by atoms with Gasteiger partial charge in [0, 0.05) is 21.5 Å². The van der Waals surface area contributed by atoms with Gasteiger partial charge in [-0.1, -0.05) is 52.4 Å². The number of carbonyl (C=O) groups excluding carboxylic acids is 1. The summed E-state index contributed by atoms with van der Waals surface area (Å²) in [4.78, 5) is 27.9. The van der Waals surface area contributed by atoms with E-state index in [9.17, 15) is 14.7 Å². The molecule has 2 rings (SSSR count). The highest BCUT2D eigenvalue weighted by atomic mass is 32.2. The number of nitrogens with zero attached hydrogens (tertiary/aromatic N) is 3. The van der Waals surface area contributed by atoms with Crippen molar-refractivity contribution in [3.05, 3.63) is 35.7 Å². The van der Waals surface area contributed by atoms with Gasteiger partial charge < -0.3 is 10.4 Å². The van der Waals surface area contributed by atoms with Crippen LogP contribution in [0.1, 0.15) is 79.9 Å². The van der Waals surface area contributed by atoms with Gasteiger partial charge in [-0.2, -0.15) is 5.10 Å². The lowest BCUT2D eigenvalue weighted by Crippen LogP contribution is -2.48. The summed E-state index contributed by atoms with van der Waals surface area (Å²) in [5.41, 5.74) is 1.65. The molecule has 1 heterocycles. The minimum Gasteiger partial charge on any atom is -0.465 e. The number of carboxylic acid groups (broad SMARTS) is 1. The topological polar surface area (TPSA) is 87.5 Å². The molecule has 1 aromatic carbocycles. The highest BCUT2D eigenvalue weighted by Crippen LogP contribution is 2.37. The third kappa shape index (κ3) is 6.31. The van der Waals surface area contributed by atoms with Gasteiger partial charge >= 0.3 is 6.09 Å². The summed E-state index contributed by atoms with van der Waals surface area (Å²) >= 11 is 1.60. The fraction of sp³-hybridized carbons (Fsp3) is 0.560. The Hall–Kier alpha value is -2.48. The standard InChI is InChI=1S/C25H38N4O3S/c1-10-19-21(33-18-14-12-13-17(15-18)26-22(30)24(4,5)6)20(11-2)29(27-19)16(3)28(23(31)32)25(7,8)9/h12-16H,10-11H2,1-9H3,(H,26,30)(H,31,32). The molecule has 0 bridgehead atoms. The highest BCUT2D eigenvalue weighted by Gasteiger charge is 2.34. The Kier molecular flexibility index (Phi) is 8.27. The van der Waals surface area contributed by atoms with Gasteiger partial charge in [-0.05, 0) is 58.7 Å². The smallest absolute Gasteiger partial charge is 0.409 e. The molecule has 182 valence electrons. The Morgan fingerprint density at radius 2 is 1.79 bits per heavy atom. The Labute approximate surface area is 201 Å². The van der Waals surface area contributed by atoms with E-state index in [-0.39, 0.29) is 5.91 Å². The maximum Gasteiger partial charge on any atom is 0.409 e. The molecule has 2 N–H and O–H groups in total. The van der Waals surface area contributed by atoms with Crippen molar-refractivity contribution in [1.82, 2.24) is 14.7 Å². The van der Waals surface area contributed by atoms with Crippen molar-refractivity contribution in [3.63, 3.8) is 0 Å². The molecule has 0 radical (unpaired) electrons. The van der Waals surface area contributed by atoms with Gasteiger partial charge in [0.1, 0.15) is 6.17 Å². The maximum absolute atomic E-state index is 12.4. The molecule has 0 fully saturated rings. The van der Waals surface area contributed by atoms with Crippen LogP contribution in [-0.2, 0) is 17.6 Å². The van der Waals surface area contributed by atoms with Gasteiger partial charge in [0.05, 0.1) is 16.3 Å². The Morgan fingerprint density at radius 3 is 2.27 bits per heavy atom. The zero-order chi connectivity index (χ0) is 25.1. The van der Waals surface area contributed by atoms with E-state index >= 15 is 0 Å². The third-order valence-corrected chi connectivity index (χ3v) is 6.51. The number of hydrogen-bond acceptors (Lipinski definition) is 4. The van der Waals surface area contributed by atoms with Crippen molar-refractivity contribution in [2.75, 3.05) is 5.32 Å². The minimum absolute atomic E-state index is 0.0364. The molecule has 2 aromatic rings. The Bertz CT molecular complexity index is 1000. The van der Waals surface area contributed by atoms with Crippen molar-refractivity contribution >= 4 is 29.4 Å². The van der Waals surface area contributed by atoms with Crippen LogP contribution in [0.15, 0.2) is 34.1 Å². The molecule has 1 unspecified atom stereocenters. The van der Waals surface area contributed by atoms with E-state index in [1.807, 2.05) is 77.4 Å². The van der Waals surface area contributed by atoms with Crippen LogP contribution in [0.4, 0.5) is 10.5 Å². The lowest BCUT2D eigenvalue weighted by Gasteiger charge is -2.38. The molecule has 2 amide bonds. The van der Waals surface area contributed by atoms with Gasteiger partial charge in [-0.3, -0.25) is 9.69 Å². The number of hydrogen-bond donors (Lipinski definition) is 2. The first kappa shape index (κ1) is 26.8. The lowest BCUT2D eigenvalue weighted by molar-refractivity contribution is -0.123. The zero-order valence-corrected chi connectivity index (χ0v) is 22.1. The van der Waals surface area contributed by atoms with Crippen LogP contribution in [0.3, 0.4) is 0 Å². The summed E-state index contributed by atoms with van der Waals surface area (Å²) in [6, 6.07) is 7.79. The number of aromatic nitrogens is 2. The largest absolute Gasteiger partial charge is 0.465 e. The Balaban J connectivity index is 2.45. The van der Waals surface area contributed by atoms with Gasteiger partial charge in [-0.25, -0.2) is 9.48 Å². The first-order valence-corrected chi connectivity index (χ1v) is 12.2. The summed E-state index contributed by atoms with van der Waals surface area (Å²) in [5.74, 6) is -0.0364. The van der Waals surface area contributed by atoms with Gasteiger partial charge in [0.2, 0.25) is 5.91 Å². The van der Waals surface area contributed by atoms with Crippen LogP contribution in [0.5, 0.6) is 0 Å². The number of benzene rings is 1. The molecule has 0 saturated heterocycles. The van der Waals surface area contributed by atoms with E-state index in [1.165, 1.54) is 4.90 Å². The lowest BCUT2D eigenvalue weighted by atomic mass is 9.95. The summed E-state index contributed by atoms with van der Waals surface area (Å²) in [6.45, 7) is 17.3. The summed E-state index contributed by atoms with van der Waals surface area (Å²) in [7, 11) is 0. The molecule has 33 heavy (non-hydrogen) atoms. The molecule has 1 aromatic heterocycles. The fourth-order valence-corrected chi connectivity index (χ4v) is 4.90. The first-order chi connectivity index (χ1) is 15.2. The average Bonchev–Trinajstić information content (AvgIpc) is 3.03. The summed E-state index contributed by atoms with van der Waals surface area (Å²) in [5, 5.41) is 17.7. The molecule has 0 aliphatic heterocycles. The van der Waals surface area contributed by atoms with Gasteiger partial charge in [-0.15, -0.1) is 0 Å². The van der Waals surface area contributed by atoms with E-state index in [0.717, 1.165) is 39.7 Å². The fourth-order valence-electron chi connectivity index (χ4n) is 3.68. The number of amides is 2. The van der Waals surface area contributed by atoms with Crippen LogP contribution < -0.4 is 5.32 Å². The van der Waals surface area contributed by atoms with E-state index in [0.29, 0.717) is 0 Å². The van der Waals surface area contributed by atoms with Crippen LogP contribution in [-0.4, -0.2) is 37.3 Å². The maximum atomic E-state index is 12.4. The predicted octanol–water partition coefficient (Wildman–Crippen LogP) is 6.44. The number of rotatable bonds is 7. The second kappa shape index (κ2) is 10.2. The number of aryl methyl sites for hydroxylation is 1. The highest BCUT2D eigenvalue weighted by molar-refractivity contribution is 7.99. The second-order valence-electron chi connectivity index (χ2n) is 10.2. The Morgan fingerprint density at radius 1 is 1.15 bits per heavy atom. The van der Waals surface area contributed by atoms with E-state index < -0.39 is 23.2 Å². The molecule has 0 spiro atoms. The van der Waals surface area contributed by atoms with E-state index in [1.54, 1.807) is 11.8 Å². The number of nitrogens with one attached hydrogen (secondary N) is 1. The van der Waals surface area contributed by atoms with Crippen molar-refractivity contribution in [2.45, 2.75) is 96.7 Å². The van der Waals surface area contributed by atoms with Crippen molar-refractivity contribution in [3.8, 4) is 0 Å². The van der Waals surface area contributed by atoms with Crippen LogP contribution in [0.2, 0.25) is 0 Å². The van der Waals surface area contributed by atoms with E-state index in [2.05, 4.69) is 19.2 Å². The van der Waals surface area contributed by atoms with Crippen LogP contribution in [0.25, 0.3) is 0 Å². The SMILES string of the molecule is CCc1nn(C(C)N(C(=O)O)C(C)(C)C)c(CC)c1Sc1cccc(NC(=O)C(C)(C)C)c1. The molecule has 0 aliphatic rings.